The molecule has 39 heavy (non-hydrogen) atoms. The quantitative estimate of drug-likeness (QED) is 0.328. The van der Waals surface area contributed by atoms with Crippen molar-refractivity contribution >= 4 is 46.0 Å². The Morgan fingerprint density at radius 3 is 2.67 bits per heavy atom. The number of phenols is 1. The van der Waals surface area contributed by atoms with Gasteiger partial charge in [0.05, 0.1) is 47.4 Å². The molecular formula is C26H26ClN7O5. The van der Waals surface area contributed by atoms with Crippen molar-refractivity contribution in [2.75, 3.05) is 36.5 Å². The topological polar surface area (TPSA) is 158 Å². The van der Waals surface area contributed by atoms with Gasteiger partial charge in [-0.2, -0.15) is 0 Å². The number of rotatable bonds is 6. The van der Waals surface area contributed by atoms with E-state index >= 15 is 0 Å². The van der Waals surface area contributed by atoms with Gasteiger partial charge < -0.3 is 34.9 Å². The van der Waals surface area contributed by atoms with Crippen molar-refractivity contribution in [2.45, 2.75) is 13.5 Å². The van der Waals surface area contributed by atoms with Crippen molar-refractivity contribution in [2.24, 2.45) is 12.8 Å². The highest BCUT2D eigenvalue weighted by Crippen LogP contribution is 2.33. The summed E-state index contributed by atoms with van der Waals surface area (Å²) in [6.45, 7) is 3.97. The number of primary amides is 1. The molecule has 13 heteroatoms. The van der Waals surface area contributed by atoms with E-state index in [1.54, 1.807) is 36.9 Å². The molecule has 1 aliphatic heterocycles. The Balaban J connectivity index is 1.51. The molecule has 0 saturated carbocycles. The van der Waals surface area contributed by atoms with Gasteiger partial charge in [-0.3, -0.25) is 14.4 Å². The van der Waals surface area contributed by atoms with Crippen LogP contribution in [0.15, 0.2) is 41.7 Å². The number of aryl methyl sites for hydroxylation is 2. The Morgan fingerprint density at radius 2 is 1.95 bits per heavy atom. The smallest absolute Gasteiger partial charge is 0.263 e. The Labute approximate surface area is 227 Å². The minimum atomic E-state index is -0.808. The summed E-state index contributed by atoms with van der Waals surface area (Å²) in [7, 11) is 1.57. The number of ether oxygens (including phenoxy) is 1. The van der Waals surface area contributed by atoms with Crippen molar-refractivity contribution in [1.82, 2.24) is 19.1 Å². The molecule has 2 amide bonds. The number of hydrogen-bond acceptors (Lipinski definition) is 8. The largest absolute Gasteiger partial charge is 0.507 e. The molecule has 1 aliphatic rings. The molecule has 0 unspecified atom stereocenters. The Hall–Kier alpha value is -4.42. The molecule has 0 atom stereocenters. The summed E-state index contributed by atoms with van der Waals surface area (Å²) in [5, 5.41) is 13.6. The number of amides is 2. The SMILES string of the molecule is Cc1cc(-c2cn(CC(=O)Nc3cc(N4CCOCC4)ncc3Cl)c3ncn(C)c(=O)c23)cc(C(N)=O)c1O. The number of pyridine rings is 1. The lowest BCUT2D eigenvalue weighted by atomic mass is 9.99. The number of carbonyl (C=O) groups excluding carboxylic acids is 2. The van der Waals surface area contributed by atoms with E-state index in [1.165, 1.54) is 23.2 Å². The normalized spacial score (nSPS) is 13.6. The zero-order chi connectivity index (χ0) is 27.8. The van der Waals surface area contributed by atoms with Gasteiger partial charge >= 0.3 is 0 Å². The van der Waals surface area contributed by atoms with Crippen LogP contribution in [-0.4, -0.2) is 62.3 Å². The second kappa shape index (κ2) is 10.4. The van der Waals surface area contributed by atoms with Crippen LogP contribution < -0.4 is 21.5 Å². The van der Waals surface area contributed by atoms with E-state index in [9.17, 15) is 19.5 Å². The highest BCUT2D eigenvalue weighted by molar-refractivity contribution is 6.33. The summed E-state index contributed by atoms with van der Waals surface area (Å²) < 4.78 is 8.26. The van der Waals surface area contributed by atoms with E-state index in [2.05, 4.69) is 15.3 Å². The van der Waals surface area contributed by atoms with Crippen LogP contribution in [0, 0.1) is 6.92 Å². The van der Waals surface area contributed by atoms with Crippen LogP contribution >= 0.6 is 11.6 Å². The number of nitrogens with two attached hydrogens (primary N) is 1. The van der Waals surface area contributed by atoms with Gasteiger partial charge in [0.1, 0.15) is 23.8 Å². The van der Waals surface area contributed by atoms with Gasteiger partial charge in [-0.1, -0.05) is 11.6 Å². The van der Waals surface area contributed by atoms with Crippen LogP contribution in [0.3, 0.4) is 0 Å². The lowest BCUT2D eigenvalue weighted by Crippen LogP contribution is -2.36. The number of fused-ring (bicyclic) bond motifs is 1. The molecular weight excluding hydrogens is 526 g/mol. The van der Waals surface area contributed by atoms with E-state index < -0.39 is 11.8 Å². The molecule has 4 N–H and O–H groups in total. The van der Waals surface area contributed by atoms with Crippen LogP contribution in [0.25, 0.3) is 22.2 Å². The van der Waals surface area contributed by atoms with E-state index in [0.29, 0.717) is 54.5 Å². The molecule has 3 aromatic heterocycles. The Kier molecular flexibility index (Phi) is 6.98. The number of morpholine rings is 1. The van der Waals surface area contributed by atoms with Crippen molar-refractivity contribution in [3.05, 3.63) is 63.4 Å². The maximum Gasteiger partial charge on any atom is 0.263 e. The van der Waals surface area contributed by atoms with Gasteiger partial charge in [-0.25, -0.2) is 9.97 Å². The number of benzene rings is 1. The molecule has 0 spiro atoms. The Morgan fingerprint density at radius 1 is 1.21 bits per heavy atom. The van der Waals surface area contributed by atoms with Crippen molar-refractivity contribution in [3.8, 4) is 16.9 Å². The van der Waals surface area contributed by atoms with E-state index in [0.717, 1.165) is 0 Å². The standard InChI is InChI=1S/C26H26ClN7O5/c1-14-7-15(8-16(23(14)36)24(28)37)17-11-34(25-22(17)26(38)32(2)13-30-25)12-21(35)31-19-9-20(29-10-18(19)27)33-3-5-39-6-4-33/h7-11,13,36H,3-6,12H2,1-2H3,(H2,28,37)(H,29,31,35). The van der Waals surface area contributed by atoms with E-state index in [-0.39, 0.29) is 39.5 Å². The van der Waals surface area contributed by atoms with Gasteiger partial charge in [0.25, 0.3) is 11.5 Å². The van der Waals surface area contributed by atoms with Crippen LogP contribution in [-0.2, 0) is 23.1 Å². The molecule has 0 bridgehead atoms. The van der Waals surface area contributed by atoms with Crippen LogP contribution in [0.4, 0.5) is 11.5 Å². The summed E-state index contributed by atoms with van der Waals surface area (Å²) >= 11 is 6.33. The summed E-state index contributed by atoms with van der Waals surface area (Å²) in [5.41, 5.74) is 7.04. The van der Waals surface area contributed by atoms with E-state index in [1.807, 2.05) is 4.90 Å². The highest BCUT2D eigenvalue weighted by Gasteiger charge is 2.21. The first-order chi connectivity index (χ1) is 18.6. The van der Waals surface area contributed by atoms with Crippen molar-refractivity contribution in [1.29, 1.82) is 0 Å². The molecule has 1 fully saturated rings. The second-order valence-corrected chi connectivity index (χ2v) is 9.66. The number of anilines is 2. The third kappa shape index (κ3) is 5.03. The number of aromatic nitrogens is 4. The zero-order valence-electron chi connectivity index (χ0n) is 21.3. The fourth-order valence-corrected chi connectivity index (χ4v) is 4.71. The maximum absolute atomic E-state index is 13.2. The molecule has 5 rings (SSSR count). The molecule has 1 aromatic carbocycles. The average Bonchev–Trinajstić information content (AvgIpc) is 3.28. The second-order valence-electron chi connectivity index (χ2n) is 9.25. The van der Waals surface area contributed by atoms with Crippen molar-refractivity contribution in [3.63, 3.8) is 0 Å². The van der Waals surface area contributed by atoms with Crippen LogP contribution in [0.5, 0.6) is 5.75 Å². The zero-order valence-corrected chi connectivity index (χ0v) is 22.0. The van der Waals surface area contributed by atoms with Gasteiger partial charge in [-0.15, -0.1) is 0 Å². The minimum absolute atomic E-state index is 0.0761. The minimum Gasteiger partial charge on any atom is -0.507 e. The van der Waals surface area contributed by atoms with E-state index in [4.69, 9.17) is 22.1 Å². The number of hydrogen-bond donors (Lipinski definition) is 3. The summed E-state index contributed by atoms with van der Waals surface area (Å²) in [5.74, 6) is -0.769. The first-order valence-corrected chi connectivity index (χ1v) is 12.5. The molecule has 0 aliphatic carbocycles. The summed E-state index contributed by atoms with van der Waals surface area (Å²) in [4.78, 5) is 49.0. The lowest BCUT2D eigenvalue weighted by Gasteiger charge is -2.28. The van der Waals surface area contributed by atoms with Crippen LogP contribution in [0.2, 0.25) is 5.02 Å². The Bertz CT molecular complexity index is 1670. The molecule has 12 nitrogen and oxygen atoms in total. The fourth-order valence-electron chi connectivity index (χ4n) is 4.56. The first kappa shape index (κ1) is 26.2. The predicted molar refractivity (Wildman–Crippen MR) is 146 cm³/mol. The van der Waals surface area contributed by atoms with Gasteiger partial charge in [-0.05, 0) is 30.2 Å². The third-order valence-electron chi connectivity index (χ3n) is 6.58. The monoisotopic (exact) mass is 551 g/mol. The molecule has 0 radical (unpaired) electrons. The highest BCUT2D eigenvalue weighted by atomic mass is 35.5. The average molecular weight is 552 g/mol. The van der Waals surface area contributed by atoms with Gasteiger partial charge in [0.2, 0.25) is 5.91 Å². The fraction of sp³-hybridized carbons (Fsp3) is 0.269. The van der Waals surface area contributed by atoms with Gasteiger partial charge in [0.15, 0.2) is 0 Å². The number of aromatic hydroxyl groups is 1. The number of nitrogens with one attached hydrogen (secondary N) is 1. The number of nitrogens with zero attached hydrogens (tertiary/aromatic N) is 5. The molecule has 4 aromatic rings. The molecule has 1 saturated heterocycles. The first-order valence-electron chi connectivity index (χ1n) is 12.1. The third-order valence-corrected chi connectivity index (χ3v) is 6.88. The maximum atomic E-state index is 13.2. The number of halogens is 1. The predicted octanol–water partition coefficient (Wildman–Crippen LogP) is 2.04. The lowest BCUT2D eigenvalue weighted by molar-refractivity contribution is -0.116. The van der Waals surface area contributed by atoms with Crippen molar-refractivity contribution < 1.29 is 19.4 Å². The van der Waals surface area contributed by atoms with Crippen LogP contribution in [0.1, 0.15) is 15.9 Å². The summed E-state index contributed by atoms with van der Waals surface area (Å²) in [6, 6.07) is 4.76. The molecule has 4 heterocycles. The number of carbonyl (C=O) groups is 2. The molecule has 202 valence electrons. The summed E-state index contributed by atoms with van der Waals surface area (Å²) in [6.07, 6.45) is 4.47. The van der Waals surface area contributed by atoms with Gasteiger partial charge in [0, 0.05) is 38.0 Å².